The monoisotopic (exact) mass is 748 g/mol. The highest BCUT2D eigenvalue weighted by atomic mass is 16.6. The Balaban J connectivity index is 0.000000122. The van der Waals surface area contributed by atoms with Crippen molar-refractivity contribution in [3.8, 4) is 0 Å². The third-order valence-electron chi connectivity index (χ3n) is 21.7. The van der Waals surface area contributed by atoms with Gasteiger partial charge < -0.3 is 9.47 Å². The smallest absolute Gasteiger partial charge is 0.306 e. The molecule has 2 heterocycles. The van der Waals surface area contributed by atoms with Crippen LogP contribution in [-0.2, 0) is 28.7 Å². The zero-order chi connectivity index (χ0) is 37.8. The lowest BCUT2D eigenvalue weighted by molar-refractivity contribution is -0.180. The second kappa shape index (κ2) is 10.7. The summed E-state index contributed by atoms with van der Waals surface area (Å²) in [6.07, 6.45) is 22.0. The van der Waals surface area contributed by atoms with E-state index in [0.29, 0.717) is 59.9 Å². The number of hydrogen-bond acceptors (Lipinski definition) is 6. The second-order valence-corrected chi connectivity index (χ2v) is 23.0. The minimum absolute atomic E-state index is 0.0494. The van der Waals surface area contributed by atoms with Gasteiger partial charge in [0, 0.05) is 48.3 Å². The van der Waals surface area contributed by atoms with Gasteiger partial charge in [0.25, 0.3) is 0 Å². The maximum absolute atomic E-state index is 12.2. The van der Waals surface area contributed by atoms with E-state index in [2.05, 4.69) is 40.7 Å². The molecule has 0 N–H and O–H groups in total. The fourth-order valence-electron chi connectivity index (χ4n) is 19.2. The van der Waals surface area contributed by atoms with Gasteiger partial charge >= 0.3 is 11.9 Å². The molecule has 19 atom stereocenters. The van der Waals surface area contributed by atoms with Crippen molar-refractivity contribution < 1.29 is 28.7 Å². The molecule has 0 amide bonds. The Bertz CT molecular complexity index is 1890. The van der Waals surface area contributed by atoms with Crippen LogP contribution in [0.2, 0.25) is 0 Å². The highest BCUT2D eigenvalue weighted by molar-refractivity contribution is 5.92. The zero-order valence-electron chi connectivity index (χ0n) is 34.1. The van der Waals surface area contributed by atoms with E-state index in [-0.39, 0.29) is 44.8 Å². The third-order valence-corrected chi connectivity index (χ3v) is 21.7. The van der Waals surface area contributed by atoms with Gasteiger partial charge in [-0.25, -0.2) is 0 Å². The molecule has 11 fully saturated rings. The molecule has 2 aliphatic heterocycles. The first-order valence-electron chi connectivity index (χ1n) is 23.2. The molecule has 9 saturated carbocycles. The van der Waals surface area contributed by atoms with Crippen LogP contribution in [0.4, 0.5) is 0 Å². The topological polar surface area (TPSA) is 86.7 Å². The van der Waals surface area contributed by atoms with E-state index in [0.717, 1.165) is 86.4 Å². The van der Waals surface area contributed by atoms with Crippen molar-refractivity contribution in [1.82, 2.24) is 0 Å². The van der Waals surface area contributed by atoms with Gasteiger partial charge in [0.1, 0.15) is 11.2 Å². The summed E-state index contributed by atoms with van der Waals surface area (Å²) in [5, 5.41) is 0. The van der Waals surface area contributed by atoms with Gasteiger partial charge in [-0.3, -0.25) is 19.2 Å². The van der Waals surface area contributed by atoms with Crippen LogP contribution in [0.25, 0.3) is 0 Å². The lowest BCUT2D eigenvalue weighted by atomic mass is 9.43. The van der Waals surface area contributed by atoms with E-state index in [4.69, 9.17) is 9.47 Å². The van der Waals surface area contributed by atoms with E-state index in [9.17, 15) is 19.2 Å². The minimum atomic E-state index is -0.151. The standard InChI is InChI=1S/C25H34O3.C24H30O3/c1-4-14-11-15-12-16(26)5-8-23(15,2)18-6-9-24(3)22(21(14)18)17-13-19(17)25(24)10-7-20(27)28-25;1-22-6-3-12(25)9-17(22)13-10-14(13)20-16(22)4-7-23(2)21(20)15-11-18(15)24(23)8-5-19(26)27-24/h12,14,17-19,21-22H,4-11,13H2,1-3H3;9,13-16,18,20-21H,3-8,10-11H2,1-2H3/t14-,17+,18?,19-,21?,22?,23-,24-,25-;13-,14+,15-,16?,18+,20?,21?,22-,23+,24-/m01/s1. The highest BCUT2D eigenvalue weighted by Crippen LogP contribution is 2.83. The molecule has 6 heteroatoms. The van der Waals surface area contributed by atoms with Crippen molar-refractivity contribution >= 4 is 23.5 Å². The Kier molecular flexibility index (Phi) is 6.75. The molecule has 2 saturated heterocycles. The van der Waals surface area contributed by atoms with Crippen molar-refractivity contribution in [2.45, 2.75) is 155 Å². The summed E-state index contributed by atoms with van der Waals surface area (Å²) in [5.74, 6) is 10.3. The number of ether oxygens (including phenoxy) is 2. The first kappa shape index (κ1) is 34.8. The molecule has 296 valence electrons. The van der Waals surface area contributed by atoms with E-state index < -0.39 is 0 Å². The molecule has 13 aliphatic rings. The van der Waals surface area contributed by atoms with Crippen LogP contribution in [-0.4, -0.2) is 34.7 Å². The number of allylic oxidation sites excluding steroid dienone is 2. The van der Waals surface area contributed by atoms with Gasteiger partial charge in [0.05, 0.1) is 0 Å². The fraction of sp³-hybridized carbons (Fsp3) is 0.837. The summed E-state index contributed by atoms with van der Waals surface area (Å²) in [7, 11) is 0. The van der Waals surface area contributed by atoms with Gasteiger partial charge in [-0.2, -0.15) is 0 Å². The molecular weight excluding hydrogens is 685 g/mol. The molecule has 11 aliphatic carbocycles. The van der Waals surface area contributed by atoms with Crippen LogP contribution >= 0.6 is 0 Å². The Morgan fingerprint density at radius 1 is 0.600 bits per heavy atom. The van der Waals surface area contributed by atoms with Crippen LogP contribution in [0.1, 0.15) is 144 Å². The first-order valence-corrected chi connectivity index (χ1v) is 23.2. The normalized spacial score (nSPS) is 59.2. The highest BCUT2D eigenvalue weighted by Gasteiger charge is 2.82. The maximum atomic E-state index is 12.2. The molecular formula is C49H64O6. The number of fused-ring (bicyclic) bond motifs is 21. The predicted octanol–water partition coefficient (Wildman–Crippen LogP) is 9.39. The molecule has 0 bridgehead atoms. The van der Waals surface area contributed by atoms with Crippen molar-refractivity contribution in [2.75, 3.05) is 0 Å². The molecule has 0 aromatic rings. The van der Waals surface area contributed by atoms with Crippen LogP contribution in [0, 0.1) is 98.6 Å². The van der Waals surface area contributed by atoms with E-state index in [1.165, 1.54) is 62.5 Å². The Morgan fingerprint density at radius 3 is 1.71 bits per heavy atom. The molecule has 6 nitrogen and oxygen atoms in total. The summed E-state index contributed by atoms with van der Waals surface area (Å²) in [6, 6.07) is 0. The molecule has 2 spiro atoms. The van der Waals surface area contributed by atoms with Crippen LogP contribution in [0.15, 0.2) is 23.3 Å². The Morgan fingerprint density at radius 2 is 1.15 bits per heavy atom. The van der Waals surface area contributed by atoms with Gasteiger partial charge in [-0.05, 0) is 165 Å². The Labute approximate surface area is 328 Å². The molecule has 0 aromatic carbocycles. The van der Waals surface area contributed by atoms with Crippen molar-refractivity contribution in [2.24, 2.45) is 98.6 Å². The summed E-state index contributed by atoms with van der Waals surface area (Å²) < 4.78 is 12.5. The molecule has 55 heavy (non-hydrogen) atoms. The average Bonchev–Trinajstić information content (AvgIpc) is 4.11. The number of carbonyl (C=O) groups is 4. The van der Waals surface area contributed by atoms with Crippen molar-refractivity contribution in [3.63, 3.8) is 0 Å². The third kappa shape index (κ3) is 4.06. The summed E-state index contributed by atoms with van der Waals surface area (Å²) in [4.78, 5) is 48.7. The van der Waals surface area contributed by atoms with Crippen molar-refractivity contribution in [3.05, 3.63) is 23.3 Å². The summed E-state index contributed by atoms with van der Waals surface area (Å²) >= 11 is 0. The minimum Gasteiger partial charge on any atom is -0.458 e. The van der Waals surface area contributed by atoms with Crippen LogP contribution in [0.3, 0.4) is 0 Å². The van der Waals surface area contributed by atoms with E-state index in [1.807, 2.05) is 6.08 Å². The number of ketones is 2. The van der Waals surface area contributed by atoms with E-state index in [1.54, 1.807) is 0 Å². The van der Waals surface area contributed by atoms with Crippen molar-refractivity contribution in [1.29, 1.82) is 0 Å². The summed E-state index contributed by atoms with van der Waals surface area (Å²) in [5.41, 5.74) is 3.55. The predicted molar refractivity (Wildman–Crippen MR) is 206 cm³/mol. The van der Waals surface area contributed by atoms with Crippen LogP contribution in [0.5, 0.6) is 0 Å². The van der Waals surface area contributed by atoms with Crippen LogP contribution < -0.4 is 0 Å². The molecule has 0 aromatic heterocycles. The zero-order valence-corrected chi connectivity index (χ0v) is 34.1. The molecule has 6 unspecified atom stereocenters. The van der Waals surface area contributed by atoms with E-state index >= 15 is 0 Å². The molecule has 0 radical (unpaired) electrons. The van der Waals surface area contributed by atoms with Gasteiger partial charge in [0.2, 0.25) is 0 Å². The molecule has 13 rings (SSSR count). The lowest BCUT2D eigenvalue weighted by Crippen LogP contribution is -2.58. The Hall–Kier alpha value is -2.24. The summed E-state index contributed by atoms with van der Waals surface area (Å²) in [6.45, 7) is 12.3. The SMILES string of the molecule is CC[C@H]1CC2=CC(=O)CC[C@]2(C)C2CC[C@@]3(C)C(C21)[C@@H]1C[C@@H]1[C@@]31CCC(=O)O1.C[C@]12CCC(=O)C=C1[C@@H]1C[C@@H]1C1C2CC[C@@]2(C)C1[C@@H]1C[C@@H]1[C@]21CCC(=O)O1. The average molecular weight is 749 g/mol. The lowest BCUT2D eigenvalue weighted by Gasteiger charge is -2.62. The number of carbonyl (C=O) groups excluding carboxylic acids is 4. The fourth-order valence-corrected chi connectivity index (χ4v) is 19.2. The van der Waals surface area contributed by atoms with Gasteiger partial charge in [0.15, 0.2) is 11.6 Å². The number of esters is 2. The first-order chi connectivity index (χ1) is 26.2. The number of rotatable bonds is 1. The quantitative estimate of drug-likeness (QED) is 0.249. The number of hydrogen-bond donors (Lipinski definition) is 0. The maximum Gasteiger partial charge on any atom is 0.306 e. The van der Waals surface area contributed by atoms with Gasteiger partial charge in [-0.15, -0.1) is 0 Å². The van der Waals surface area contributed by atoms with Gasteiger partial charge in [-0.1, -0.05) is 52.2 Å². The largest absolute Gasteiger partial charge is 0.458 e. The second-order valence-electron chi connectivity index (χ2n) is 23.0.